The lowest BCUT2D eigenvalue weighted by Crippen LogP contribution is -2.24. The predicted molar refractivity (Wildman–Crippen MR) is 409 cm³/mol. The second-order valence-electron chi connectivity index (χ2n) is 22.8. The van der Waals surface area contributed by atoms with Crippen molar-refractivity contribution in [2.24, 2.45) is 0 Å². The van der Waals surface area contributed by atoms with Gasteiger partial charge in [0.2, 0.25) is 0 Å². The Morgan fingerprint density at radius 3 is 1.01 bits per heavy atom. The van der Waals surface area contributed by atoms with Gasteiger partial charge < -0.3 is 40.2 Å². The molecule has 0 bridgehead atoms. The molecule has 13 rings (SSSR count). The number of H-pyrrole nitrogens is 4. The summed E-state index contributed by atoms with van der Waals surface area (Å²) in [5.41, 5.74) is 11.3. The van der Waals surface area contributed by atoms with Crippen LogP contribution in [-0.4, -0.2) is 112 Å². The Hall–Kier alpha value is -14.1. The molecule has 5 heterocycles. The van der Waals surface area contributed by atoms with Crippen LogP contribution in [0.2, 0.25) is 0 Å². The fraction of sp³-hybridized carbons (Fsp3) is 0.0988. The SMILES string of the molecule is C#CCNC(=O)c1ccc2n[nH]c(/C=C/c3ccc(F)cc3)c2c1OC.C=CCNC(=O)c1ccc2n[nH]c(/C=C/c3ccc(F)cc3)c2c1OC.COc1c(C(=O)NCC#N)ccc2n[nH]c(/C=C/c3ccc(F)cc3)c12.COc1c(C(=O)NCc2ccsc2)ccc2n[nH]c(/C=C/c3ccc(F)cc3)c12. The van der Waals surface area contributed by atoms with Crippen LogP contribution in [0, 0.1) is 46.9 Å². The van der Waals surface area contributed by atoms with Crippen molar-refractivity contribution in [2.45, 2.75) is 6.54 Å². The molecule has 8 aromatic carbocycles. The highest BCUT2D eigenvalue weighted by atomic mass is 32.1. The van der Waals surface area contributed by atoms with E-state index >= 15 is 0 Å². The minimum atomic E-state index is -0.403. The molecule has 0 saturated carbocycles. The molecule has 0 spiro atoms. The average Bonchev–Trinajstić information content (AvgIpc) is 1.70. The van der Waals surface area contributed by atoms with Crippen molar-refractivity contribution >= 4 is 127 Å². The molecule has 26 heteroatoms. The molecule has 4 amide bonds. The van der Waals surface area contributed by atoms with Crippen molar-refractivity contribution in [3.05, 3.63) is 271 Å². The van der Waals surface area contributed by atoms with E-state index in [4.69, 9.17) is 30.6 Å². The Balaban J connectivity index is 0.000000153. The first-order valence-corrected chi connectivity index (χ1v) is 33.5. The highest BCUT2D eigenvalue weighted by Gasteiger charge is 2.23. The monoisotopic (exact) mass is 1460 g/mol. The zero-order valence-electron chi connectivity index (χ0n) is 57.8. The summed E-state index contributed by atoms with van der Waals surface area (Å²) in [4.78, 5) is 49.6. The number of methoxy groups -OCH3 is 4. The lowest BCUT2D eigenvalue weighted by molar-refractivity contribution is 0.0941. The topological polar surface area (TPSA) is 292 Å². The molecule has 0 aliphatic rings. The lowest BCUT2D eigenvalue weighted by Gasteiger charge is -2.10. The van der Waals surface area contributed by atoms with Crippen molar-refractivity contribution in [1.29, 1.82) is 5.26 Å². The van der Waals surface area contributed by atoms with E-state index in [9.17, 15) is 36.7 Å². The van der Waals surface area contributed by atoms with Gasteiger partial charge in [-0.2, -0.15) is 37.0 Å². The quantitative estimate of drug-likeness (QED) is 0.0136. The van der Waals surface area contributed by atoms with Gasteiger partial charge in [-0.05, 0) is 166 Å². The fourth-order valence-electron chi connectivity index (χ4n) is 10.8. The number of carbonyl (C=O) groups is 4. The number of fused-ring (bicyclic) bond motifs is 4. The molecule has 538 valence electrons. The van der Waals surface area contributed by atoms with Gasteiger partial charge in [0.1, 0.15) is 52.8 Å². The maximum atomic E-state index is 13.1. The number of rotatable bonds is 22. The van der Waals surface area contributed by atoms with Crippen LogP contribution in [0.25, 0.3) is 92.2 Å². The third-order valence-corrected chi connectivity index (χ3v) is 16.7. The van der Waals surface area contributed by atoms with Crippen LogP contribution >= 0.6 is 11.3 Å². The van der Waals surface area contributed by atoms with Crippen LogP contribution in [0.3, 0.4) is 0 Å². The molecule has 5 aromatic heterocycles. The number of carbonyl (C=O) groups excluding carboxylic acids is 4. The summed E-state index contributed by atoms with van der Waals surface area (Å²) in [6, 6.07) is 41.9. The Kier molecular flexibility index (Phi) is 25.9. The molecule has 0 radical (unpaired) electrons. The number of benzene rings is 8. The van der Waals surface area contributed by atoms with Gasteiger partial charge >= 0.3 is 0 Å². The maximum absolute atomic E-state index is 13.1. The van der Waals surface area contributed by atoms with E-state index in [2.05, 4.69) is 74.6 Å². The number of nitrogens with one attached hydrogen (secondary N) is 8. The van der Waals surface area contributed by atoms with E-state index in [1.165, 1.54) is 77.0 Å². The number of halogens is 4. The molecule has 0 fully saturated rings. The van der Waals surface area contributed by atoms with Gasteiger partial charge in [0.05, 0.1) is 130 Å². The standard InChI is InChI=1S/C22H18FN3O2S.C20H18FN3O2.C20H16FN3O2.C19H15FN4O2/c1-28-21-17(22(27)24-12-15-10-11-29-13-15)7-9-19-20(21)18(25-26-19)8-4-14-2-5-16(23)6-3-14;2*1-3-12-22-20(25)15-9-11-17-18(19(15)26-2)16(23-24-17)10-6-13-4-7-14(21)8-5-13;1-26-18-14(19(25)22-11-10-21)7-9-16-17(18)15(23-24-16)8-4-12-2-5-13(20)6-3-12/h2-11,13H,12H2,1H3,(H,24,27)(H,25,26);3-11H,1,12H2,2H3,(H,22,25)(H,23,24);1,4-11H,12H2,2H3,(H,22,25)(H,23,24);2-9H,11H2,1H3,(H,22,25)(H,23,24)/b8-4+;2*10-6+;8-4+. The second-order valence-corrected chi connectivity index (χ2v) is 23.6. The summed E-state index contributed by atoms with van der Waals surface area (Å²) in [6.45, 7) is 4.44. The Morgan fingerprint density at radius 1 is 0.439 bits per heavy atom. The molecule has 0 aliphatic heterocycles. The third kappa shape index (κ3) is 19.0. The Bertz CT molecular complexity index is 5370. The molecule has 107 heavy (non-hydrogen) atoms. The summed E-state index contributed by atoms with van der Waals surface area (Å²) >= 11 is 1.59. The molecule has 0 atom stereocenters. The van der Waals surface area contributed by atoms with E-state index in [0.717, 1.165) is 27.8 Å². The van der Waals surface area contributed by atoms with E-state index < -0.39 is 5.91 Å². The first kappa shape index (κ1) is 75.6. The van der Waals surface area contributed by atoms with E-state index in [-0.39, 0.29) is 54.1 Å². The fourth-order valence-corrected chi connectivity index (χ4v) is 11.5. The number of terminal acetylenes is 1. The molecule has 0 saturated heterocycles. The van der Waals surface area contributed by atoms with Gasteiger partial charge in [-0.3, -0.25) is 39.6 Å². The Labute approximate surface area is 614 Å². The maximum Gasteiger partial charge on any atom is 0.255 e. The van der Waals surface area contributed by atoms with E-state index in [1.807, 2.05) is 53.3 Å². The van der Waals surface area contributed by atoms with Crippen LogP contribution in [-0.2, 0) is 6.54 Å². The van der Waals surface area contributed by atoms with Crippen LogP contribution in [0.15, 0.2) is 175 Å². The van der Waals surface area contributed by atoms with Crippen LogP contribution < -0.4 is 40.2 Å². The Morgan fingerprint density at radius 2 is 0.738 bits per heavy atom. The first-order chi connectivity index (χ1) is 52.1. The molecule has 0 unspecified atom stereocenters. The average molecular weight is 1460 g/mol. The minimum absolute atomic E-state index is 0.0945. The molecule has 8 N–H and O–H groups in total. The number of nitriles is 1. The summed E-state index contributed by atoms with van der Waals surface area (Å²) < 4.78 is 74.1. The summed E-state index contributed by atoms with van der Waals surface area (Å²) in [7, 11) is 6.01. The number of amides is 4. The largest absolute Gasteiger partial charge is 0.495 e. The smallest absolute Gasteiger partial charge is 0.255 e. The van der Waals surface area contributed by atoms with Gasteiger partial charge in [-0.15, -0.1) is 13.0 Å². The van der Waals surface area contributed by atoms with E-state index in [1.54, 1.807) is 133 Å². The van der Waals surface area contributed by atoms with Crippen LogP contribution in [0.5, 0.6) is 23.0 Å². The normalized spacial score (nSPS) is 11.0. The van der Waals surface area contributed by atoms with Gasteiger partial charge in [0.15, 0.2) is 0 Å². The highest BCUT2D eigenvalue weighted by molar-refractivity contribution is 7.08. The minimum Gasteiger partial charge on any atom is -0.495 e. The van der Waals surface area contributed by atoms with Crippen LogP contribution in [0.1, 0.15) is 92.0 Å². The number of thiophene rings is 1. The number of hydrogen-bond acceptors (Lipinski definition) is 14. The molecular formula is C81H67F4N13O8S. The highest BCUT2D eigenvalue weighted by Crippen LogP contribution is 2.37. The lowest BCUT2D eigenvalue weighted by atomic mass is 10.1. The first-order valence-electron chi connectivity index (χ1n) is 32.6. The molecule has 13 aromatic rings. The zero-order valence-corrected chi connectivity index (χ0v) is 58.6. The van der Waals surface area contributed by atoms with Gasteiger partial charge in [-0.1, -0.05) is 84.8 Å². The molecule has 0 aliphatic carbocycles. The van der Waals surface area contributed by atoms with Gasteiger partial charge in [0.25, 0.3) is 23.6 Å². The van der Waals surface area contributed by atoms with Crippen LogP contribution in [0.4, 0.5) is 17.6 Å². The molecule has 21 nitrogen and oxygen atoms in total. The third-order valence-electron chi connectivity index (χ3n) is 16.0. The summed E-state index contributed by atoms with van der Waals surface area (Å²) in [5, 5.41) is 54.9. The van der Waals surface area contributed by atoms with Crippen molar-refractivity contribution < 1.29 is 55.7 Å². The van der Waals surface area contributed by atoms with E-state index in [0.29, 0.717) is 125 Å². The number of nitrogens with zero attached hydrogens (tertiary/aromatic N) is 5. The van der Waals surface area contributed by atoms with Crippen molar-refractivity contribution in [3.63, 3.8) is 0 Å². The van der Waals surface area contributed by atoms with Crippen molar-refractivity contribution in [3.8, 4) is 41.4 Å². The second kappa shape index (κ2) is 36.7. The number of ether oxygens (including phenoxy) is 4. The summed E-state index contributed by atoms with van der Waals surface area (Å²) in [5.74, 6) is 1.67. The summed E-state index contributed by atoms with van der Waals surface area (Å²) in [6.07, 6.45) is 21.3. The zero-order chi connectivity index (χ0) is 75.8. The number of hydrogen-bond donors (Lipinski definition) is 8. The van der Waals surface area contributed by atoms with Crippen molar-refractivity contribution in [1.82, 2.24) is 62.1 Å². The van der Waals surface area contributed by atoms with Gasteiger partial charge in [-0.25, -0.2) is 17.6 Å². The number of aromatic nitrogens is 8. The molecular weight excluding hydrogens is 1390 g/mol. The number of aromatic amines is 4. The predicted octanol–water partition coefficient (Wildman–Crippen LogP) is 15.0. The van der Waals surface area contributed by atoms with Crippen molar-refractivity contribution in [2.75, 3.05) is 48.1 Å². The van der Waals surface area contributed by atoms with Gasteiger partial charge in [0, 0.05) is 13.1 Å².